The molecule has 0 N–H and O–H groups in total. The van der Waals surface area contributed by atoms with Crippen molar-refractivity contribution >= 4 is 52.0 Å². The van der Waals surface area contributed by atoms with Gasteiger partial charge in [0.1, 0.15) is 0 Å². The first-order valence-corrected chi connectivity index (χ1v) is 11.1. The Morgan fingerprint density at radius 2 is 1.00 bits per heavy atom. The molecule has 0 spiro atoms. The van der Waals surface area contributed by atoms with E-state index in [-0.39, 0.29) is 23.8 Å². The van der Waals surface area contributed by atoms with Crippen LogP contribution in [0.2, 0.25) is 0 Å². The summed E-state index contributed by atoms with van der Waals surface area (Å²) in [4.78, 5) is 13.5. The van der Waals surface area contributed by atoms with Crippen LogP contribution in [-0.4, -0.2) is 18.1 Å². The van der Waals surface area contributed by atoms with Gasteiger partial charge < -0.3 is 0 Å². The zero-order valence-corrected chi connectivity index (χ0v) is 16.5. The second-order valence-corrected chi connectivity index (χ2v) is 11.5. The van der Waals surface area contributed by atoms with E-state index >= 15 is 0 Å². The third kappa shape index (κ3) is 2.91. The van der Waals surface area contributed by atoms with Crippen molar-refractivity contribution in [1.82, 2.24) is 0 Å². The zero-order chi connectivity index (χ0) is 17.1. The summed E-state index contributed by atoms with van der Waals surface area (Å²) in [7, 11) is 0. The smallest absolute Gasteiger partial charge is 0.147 e. The first kappa shape index (κ1) is 19.7. The van der Waals surface area contributed by atoms with Crippen molar-refractivity contribution < 1.29 is 4.79 Å². The summed E-state index contributed by atoms with van der Waals surface area (Å²) < 4.78 is 0. The second kappa shape index (κ2) is 7.70. The van der Waals surface area contributed by atoms with Crippen molar-refractivity contribution in [1.29, 1.82) is 0 Å². The van der Waals surface area contributed by atoms with E-state index in [9.17, 15) is 4.79 Å². The third-order valence-corrected chi connectivity index (χ3v) is 11.5. The van der Waals surface area contributed by atoms with E-state index in [1.165, 1.54) is 0 Å². The van der Waals surface area contributed by atoms with Gasteiger partial charge in [-0.1, -0.05) is 0 Å². The minimum absolute atomic E-state index is 0. The van der Waals surface area contributed by atoms with Crippen LogP contribution in [0.1, 0.15) is 0 Å². The Morgan fingerprint density at radius 3 is 1.24 bits per heavy atom. The van der Waals surface area contributed by atoms with E-state index in [0.717, 1.165) is 15.9 Å². The van der Waals surface area contributed by atoms with E-state index in [4.69, 9.17) is 11.6 Å². The van der Waals surface area contributed by atoms with E-state index in [1.807, 2.05) is 54.6 Å². The molecule has 3 rings (SSSR count). The molecule has 3 aromatic carbocycles. The van der Waals surface area contributed by atoms with Crippen molar-refractivity contribution in [3.63, 3.8) is 0 Å². The molecule has 0 aliphatic carbocycles. The fourth-order valence-electron chi connectivity index (χ4n) is 3.43. The summed E-state index contributed by atoms with van der Waals surface area (Å²) in [6, 6.07) is 30.2. The molecule has 0 bridgehead atoms. The van der Waals surface area contributed by atoms with E-state index in [2.05, 4.69) is 43.1 Å². The Bertz CT molecular complexity index is 736. The largest absolute Gasteiger partial charge is 0.147 e. The number of hydrogen-bond acceptors (Lipinski definition) is 1. The van der Waals surface area contributed by atoms with Gasteiger partial charge in [0, 0.05) is 0 Å². The zero-order valence-electron chi connectivity index (χ0n) is 14.0. The Morgan fingerprint density at radius 1 is 0.720 bits per heavy atom. The van der Waals surface area contributed by atoms with Crippen LogP contribution in [0.25, 0.3) is 0 Å². The molecule has 0 saturated carbocycles. The predicted molar refractivity (Wildman–Crippen MR) is 114 cm³/mol. The van der Waals surface area contributed by atoms with Crippen LogP contribution in [0, 0.1) is 0 Å². The molecular weight excluding hydrogens is 370 g/mol. The average molecular weight is 391 g/mol. The van der Waals surface area contributed by atoms with Crippen LogP contribution < -0.4 is 15.9 Å². The first-order chi connectivity index (χ1) is 11.6. The van der Waals surface area contributed by atoms with Crippen LogP contribution in [0.3, 0.4) is 0 Å². The summed E-state index contributed by atoms with van der Waals surface area (Å²) in [5, 5.41) is 3.14. The molecule has 0 heterocycles. The van der Waals surface area contributed by atoms with Crippen LogP contribution in [0.4, 0.5) is 0 Å². The quantitative estimate of drug-likeness (QED) is 0.467. The van der Waals surface area contributed by atoms with Crippen LogP contribution >= 0.6 is 30.6 Å². The van der Waals surface area contributed by atoms with E-state index in [0.29, 0.717) is 0 Å². The fraction of sp³-hybridized carbons (Fsp3) is 0.0952. The number of carbonyl (C=O) groups is 1. The van der Waals surface area contributed by atoms with Gasteiger partial charge in [-0.2, -0.15) is 0 Å². The van der Waals surface area contributed by atoms with Crippen molar-refractivity contribution in [3.8, 4) is 0 Å². The van der Waals surface area contributed by atoms with Crippen LogP contribution in [-0.2, 0) is 4.79 Å². The SMILES string of the molecule is CP(C(=O)CCl)(c1ccccc1)(c1ccccc1)c1ccccc1.Cl. The maximum absolute atomic E-state index is 13.5. The first-order valence-electron chi connectivity index (χ1n) is 7.90. The number of halogens is 2. The molecule has 130 valence electrons. The molecule has 3 aromatic rings. The van der Waals surface area contributed by atoms with Crippen LogP contribution in [0.5, 0.6) is 0 Å². The van der Waals surface area contributed by atoms with Crippen molar-refractivity contribution in [2.24, 2.45) is 0 Å². The van der Waals surface area contributed by atoms with Gasteiger partial charge in [-0.15, -0.1) is 12.4 Å². The van der Waals surface area contributed by atoms with E-state index < -0.39 is 6.60 Å². The number of alkyl halides is 1. The van der Waals surface area contributed by atoms with Crippen molar-refractivity contribution in [2.75, 3.05) is 12.5 Å². The standard InChI is InChI=1S/C21H20ClOP.ClH/c1-24(21(23)17-22,18-11-5-2-6-12-18,19-13-7-3-8-14-19)20-15-9-4-10-16-20;/h2-16H,17H2,1H3;1H. The van der Waals surface area contributed by atoms with Gasteiger partial charge in [-0.3, -0.25) is 0 Å². The van der Waals surface area contributed by atoms with Gasteiger partial charge >= 0.3 is 148 Å². The molecular formula is C21H21Cl2OP. The van der Waals surface area contributed by atoms with Crippen molar-refractivity contribution in [3.05, 3.63) is 91.0 Å². The molecule has 0 atom stereocenters. The Hall–Kier alpha value is -1.66. The maximum Gasteiger partial charge on any atom is -0.147 e. The summed E-state index contributed by atoms with van der Waals surface area (Å²) in [6.07, 6.45) is 0. The molecule has 0 amide bonds. The molecule has 0 aromatic heterocycles. The second-order valence-electron chi connectivity index (χ2n) is 6.10. The number of benzene rings is 3. The van der Waals surface area contributed by atoms with Crippen LogP contribution in [0.15, 0.2) is 91.0 Å². The summed E-state index contributed by atoms with van der Waals surface area (Å²) in [5.74, 6) is -0.00694. The summed E-state index contributed by atoms with van der Waals surface area (Å²) in [5.41, 5.74) is 0.0891. The normalized spacial score (nSPS) is 12.5. The molecule has 0 unspecified atom stereocenters. The fourth-order valence-corrected chi connectivity index (χ4v) is 9.14. The van der Waals surface area contributed by atoms with E-state index in [1.54, 1.807) is 0 Å². The monoisotopic (exact) mass is 390 g/mol. The average Bonchev–Trinajstić information content (AvgIpc) is 2.69. The molecule has 0 radical (unpaired) electrons. The molecule has 0 saturated heterocycles. The molecule has 25 heavy (non-hydrogen) atoms. The third-order valence-electron chi connectivity index (χ3n) is 4.94. The Labute approximate surface area is 160 Å². The number of carbonyl (C=O) groups excluding carboxylic acids is 1. The number of rotatable bonds is 5. The molecule has 4 heteroatoms. The molecule has 0 aliphatic heterocycles. The van der Waals surface area contributed by atoms with Gasteiger partial charge in [0.15, 0.2) is 0 Å². The number of hydrogen-bond donors (Lipinski definition) is 0. The van der Waals surface area contributed by atoms with Gasteiger partial charge in [-0.05, 0) is 0 Å². The van der Waals surface area contributed by atoms with Gasteiger partial charge in [0.05, 0.1) is 0 Å². The minimum atomic E-state index is -3.31. The van der Waals surface area contributed by atoms with Crippen molar-refractivity contribution in [2.45, 2.75) is 0 Å². The minimum Gasteiger partial charge on any atom is -0.147 e. The molecule has 0 aliphatic rings. The Balaban J connectivity index is 0.00000225. The topological polar surface area (TPSA) is 17.1 Å². The molecule has 1 nitrogen and oxygen atoms in total. The predicted octanol–water partition coefficient (Wildman–Crippen LogP) is 4.33. The Kier molecular flexibility index (Phi) is 6.06. The summed E-state index contributed by atoms with van der Waals surface area (Å²) in [6.45, 7) is -1.19. The van der Waals surface area contributed by atoms with Gasteiger partial charge in [0.25, 0.3) is 0 Å². The van der Waals surface area contributed by atoms with Gasteiger partial charge in [0.2, 0.25) is 0 Å². The molecule has 0 fully saturated rings. The van der Waals surface area contributed by atoms with Gasteiger partial charge in [-0.25, -0.2) is 0 Å². The maximum atomic E-state index is 13.5. The summed E-state index contributed by atoms with van der Waals surface area (Å²) >= 11 is 6.16.